The molecule has 7 heteroatoms. The lowest BCUT2D eigenvalue weighted by molar-refractivity contribution is -0.133. The second-order valence-corrected chi connectivity index (χ2v) is 7.15. The van der Waals surface area contributed by atoms with Gasteiger partial charge in [-0.05, 0) is 17.7 Å². The Morgan fingerprint density at radius 3 is 2.69 bits per heavy atom. The molecular weight excluding hydrogens is 348 g/mol. The van der Waals surface area contributed by atoms with Crippen molar-refractivity contribution in [3.8, 4) is 11.4 Å². The smallest absolute Gasteiger partial charge is 0.233 e. The zero-order valence-corrected chi connectivity index (χ0v) is 14.9. The lowest BCUT2D eigenvalue weighted by atomic mass is 10.0. The van der Waals surface area contributed by atoms with Gasteiger partial charge >= 0.3 is 0 Å². The fourth-order valence-corrected chi connectivity index (χ4v) is 3.67. The summed E-state index contributed by atoms with van der Waals surface area (Å²) >= 11 is 1.64. The van der Waals surface area contributed by atoms with Crippen molar-refractivity contribution < 1.29 is 9.32 Å². The van der Waals surface area contributed by atoms with Crippen molar-refractivity contribution in [3.63, 3.8) is 0 Å². The van der Waals surface area contributed by atoms with Gasteiger partial charge in [-0.25, -0.2) is 0 Å². The van der Waals surface area contributed by atoms with Gasteiger partial charge in [0, 0.05) is 36.8 Å². The van der Waals surface area contributed by atoms with E-state index in [4.69, 9.17) is 4.52 Å². The average Bonchev–Trinajstić information content (AvgIpc) is 3.12. The van der Waals surface area contributed by atoms with Gasteiger partial charge in [0.1, 0.15) is 0 Å². The Labute approximate surface area is 155 Å². The van der Waals surface area contributed by atoms with Crippen LogP contribution in [0.5, 0.6) is 0 Å². The molecule has 132 valence electrons. The third-order valence-corrected chi connectivity index (χ3v) is 5.29. The molecule has 1 saturated heterocycles. The SMILES string of the molecule is O=C(CSCc1ccccc1)N1CC(c2nc(-c3ccncc3)no2)C1. The van der Waals surface area contributed by atoms with E-state index in [1.165, 1.54) is 5.56 Å². The number of rotatable bonds is 6. The maximum Gasteiger partial charge on any atom is 0.233 e. The highest BCUT2D eigenvalue weighted by atomic mass is 32.2. The highest BCUT2D eigenvalue weighted by Crippen LogP contribution is 2.28. The van der Waals surface area contributed by atoms with Crippen LogP contribution in [0.25, 0.3) is 11.4 Å². The summed E-state index contributed by atoms with van der Waals surface area (Å²) in [7, 11) is 0. The topological polar surface area (TPSA) is 72.1 Å². The van der Waals surface area contributed by atoms with E-state index in [0.29, 0.717) is 30.6 Å². The second kappa shape index (κ2) is 7.70. The van der Waals surface area contributed by atoms with E-state index in [0.717, 1.165) is 11.3 Å². The van der Waals surface area contributed by atoms with Crippen LogP contribution in [0, 0.1) is 0 Å². The van der Waals surface area contributed by atoms with Crippen LogP contribution in [0.4, 0.5) is 0 Å². The van der Waals surface area contributed by atoms with Crippen LogP contribution in [-0.2, 0) is 10.5 Å². The lowest BCUT2D eigenvalue weighted by Crippen LogP contribution is -2.49. The van der Waals surface area contributed by atoms with E-state index < -0.39 is 0 Å². The third kappa shape index (κ3) is 3.77. The zero-order valence-electron chi connectivity index (χ0n) is 14.1. The number of benzene rings is 1. The van der Waals surface area contributed by atoms with Crippen LogP contribution in [0.1, 0.15) is 17.4 Å². The van der Waals surface area contributed by atoms with Crippen molar-refractivity contribution in [2.45, 2.75) is 11.7 Å². The number of aromatic nitrogens is 3. The fraction of sp³-hybridized carbons (Fsp3) is 0.263. The summed E-state index contributed by atoms with van der Waals surface area (Å²) in [5.74, 6) is 2.79. The number of hydrogen-bond donors (Lipinski definition) is 0. The molecule has 0 radical (unpaired) electrons. The van der Waals surface area contributed by atoms with Crippen molar-refractivity contribution in [2.24, 2.45) is 0 Å². The molecule has 1 aliphatic rings. The molecular formula is C19H18N4O2S. The van der Waals surface area contributed by atoms with Crippen LogP contribution >= 0.6 is 11.8 Å². The molecule has 26 heavy (non-hydrogen) atoms. The molecule has 3 heterocycles. The van der Waals surface area contributed by atoms with E-state index in [9.17, 15) is 4.79 Å². The van der Waals surface area contributed by atoms with Gasteiger partial charge in [-0.15, -0.1) is 11.8 Å². The zero-order chi connectivity index (χ0) is 17.8. The number of thioether (sulfide) groups is 1. The first kappa shape index (κ1) is 16.8. The molecule has 1 aromatic carbocycles. The molecule has 1 aliphatic heterocycles. The Morgan fingerprint density at radius 2 is 1.92 bits per heavy atom. The minimum atomic E-state index is 0.126. The molecule has 0 unspecified atom stereocenters. The van der Waals surface area contributed by atoms with Crippen molar-refractivity contribution >= 4 is 17.7 Å². The summed E-state index contributed by atoms with van der Waals surface area (Å²) in [6.45, 7) is 1.28. The van der Waals surface area contributed by atoms with E-state index in [1.807, 2.05) is 35.2 Å². The van der Waals surface area contributed by atoms with Crippen LogP contribution in [-0.4, -0.2) is 44.8 Å². The fourth-order valence-electron chi connectivity index (χ4n) is 2.78. The molecule has 0 N–H and O–H groups in total. The number of nitrogens with zero attached hydrogens (tertiary/aromatic N) is 4. The Morgan fingerprint density at radius 1 is 1.15 bits per heavy atom. The van der Waals surface area contributed by atoms with E-state index in [-0.39, 0.29) is 11.8 Å². The number of likely N-dealkylation sites (tertiary alicyclic amines) is 1. The first-order valence-corrected chi connectivity index (χ1v) is 9.58. The van der Waals surface area contributed by atoms with Gasteiger partial charge in [-0.2, -0.15) is 4.98 Å². The molecule has 6 nitrogen and oxygen atoms in total. The second-order valence-electron chi connectivity index (χ2n) is 6.17. The molecule has 1 fully saturated rings. The molecule has 0 aliphatic carbocycles. The molecule has 2 aromatic heterocycles. The van der Waals surface area contributed by atoms with Gasteiger partial charge in [0.15, 0.2) is 0 Å². The van der Waals surface area contributed by atoms with E-state index in [2.05, 4.69) is 27.3 Å². The third-order valence-electron chi connectivity index (χ3n) is 4.30. The minimum Gasteiger partial charge on any atom is -0.340 e. The number of carbonyl (C=O) groups is 1. The van der Waals surface area contributed by atoms with E-state index >= 15 is 0 Å². The average molecular weight is 366 g/mol. The predicted molar refractivity (Wildman–Crippen MR) is 99.5 cm³/mol. The van der Waals surface area contributed by atoms with Gasteiger partial charge in [-0.3, -0.25) is 9.78 Å². The number of carbonyl (C=O) groups excluding carboxylic acids is 1. The number of pyridine rings is 1. The molecule has 1 amide bonds. The van der Waals surface area contributed by atoms with Crippen molar-refractivity contribution in [2.75, 3.05) is 18.8 Å². The summed E-state index contributed by atoms with van der Waals surface area (Å²) in [6.07, 6.45) is 3.39. The highest BCUT2D eigenvalue weighted by Gasteiger charge is 2.35. The summed E-state index contributed by atoms with van der Waals surface area (Å²) in [4.78, 5) is 22.5. The Balaban J connectivity index is 1.25. The number of amides is 1. The molecule has 0 saturated carbocycles. The maximum absolute atomic E-state index is 12.3. The van der Waals surface area contributed by atoms with E-state index in [1.54, 1.807) is 24.2 Å². The maximum atomic E-state index is 12.3. The summed E-state index contributed by atoms with van der Waals surface area (Å²) in [5.41, 5.74) is 2.11. The molecule has 3 aromatic rings. The summed E-state index contributed by atoms with van der Waals surface area (Å²) < 4.78 is 5.37. The first-order valence-electron chi connectivity index (χ1n) is 8.43. The van der Waals surface area contributed by atoms with Crippen LogP contribution in [0.3, 0.4) is 0 Å². The van der Waals surface area contributed by atoms with Crippen molar-refractivity contribution in [1.82, 2.24) is 20.0 Å². The van der Waals surface area contributed by atoms with Gasteiger partial charge in [0.25, 0.3) is 0 Å². The number of hydrogen-bond acceptors (Lipinski definition) is 6. The summed E-state index contributed by atoms with van der Waals surface area (Å²) in [5, 5.41) is 4.02. The van der Waals surface area contributed by atoms with Gasteiger partial charge in [0.2, 0.25) is 17.6 Å². The minimum absolute atomic E-state index is 0.126. The highest BCUT2D eigenvalue weighted by molar-refractivity contribution is 7.99. The standard InChI is InChI=1S/C19H18N4O2S/c24-17(13-26-12-14-4-2-1-3-5-14)23-10-16(11-23)19-21-18(22-25-19)15-6-8-20-9-7-15/h1-9,16H,10-13H2. The van der Waals surface area contributed by atoms with Crippen LogP contribution in [0.2, 0.25) is 0 Å². The van der Waals surface area contributed by atoms with Gasteiger partial charge in [-0.1, -0.05) is 35.5 Å². The molecule has 0 atom stereocenters. The Kier molecular flexibility index (Phi) is 4.97. The Bertz CT molecular complexity index is 864. The Hall–Kier alpha value is -2.67. The molecule has 0 spiro atoms. The van der Waals surface area contributed by atoms with Crippen molar-refractivity contribution in [3.05, 3.63) is 66.3 Å². The lowest BCUT2D eigenvalue weighted by Gasteiger charge is -2.37. The quantitative estimate of drug-likeness (QED) is 0.668. The predicted octanol–water partition coefficient (Wildman–Crippen LogP) is 2.99. The van der Waals surface area contributed by atoms with Gasteiger partial charge in [0.05, 0.1) is 11.7 Å². The normalized spacial score (nSPS) is 14.2. The largest absolute Gasteiger partial charge is 0.340 e. The van der Waals surface area contributed by atoms with Crippen LogP contribution < -0.4 is 0 Å². The molecule has 0 bridgehead atoms. The van der Waals surface area contributed by atoms with Gasteiger partial charge < -0.3 is 9.42 Å². The summed E-state index contributed by atoms with van der Waals surface area (Å²) in [6, 6.07) is 13.9. The monoisotopic (exact) mass is 366 g/mol. The first-order chi connectivity index (χ1) is 12.8. The molecule has 4 rings (SSSR count). The van der Waals surface area contributed by atoms with Crippen molar-refractivity contribution in [1.29, 1.82) is 0 Å². The van der Waals surface area contributed by atoms with Crippen LogP contribution in [0.15, 0.2) is 59.4 Å².